The summed E-state index contributed by atoms with van der Waals surface area (Å²) in [5, 5.41) is 7.75. The maximum Gasteiger partial charge on any atom is 0.0216 e. The predicted octanol–water partition coefficient (Wildman–Crippen LogP) is 3.60. The second-order valence-electron chi connectivity index (χ2n) is 3.91. The second kappa shape index (κ2) is 5.83. The summed E-state index contributed by atoms with van der Waals surface area (Å²) in [6.07, 6.45) is 1.11. The molecule has 16 heavy (non-hydrogen) atoms. The fourth-order valence-electron chi connectivity index (χ4n) is 1.64. The van der Waals surface area contributed by atoms with Crippen LogP contribution >= 0.6 is 11.3 Å². The van der Waals surface area contributed by atoms with Crippen LogP contribution in [0.25, 0.3) is 0 Å². The number of nitrogens with one attached hydrogen (secondary N) is 1. The minimum Gasteiger partial charge on any atom is -0.309 e. The summed E-state index contributed by atoms with van der Waals surface area (Å²) in [5.74, 6) is 0. The van der Waals surface area contributed by atoms with Crippen molar-refractivity contribution in [3.8, 4) is 0 Å². The minimum atomic E-state index is 0.944. The third kappa shape index (κ3) is 3.19. The number of hydrogen-bond donors (Lipinski definition) is 1. The lowest BCUT2D eigenvalue weighted by Crippen LogP contribution is -2.11. The fourth-order valence-corrected chi connectivity index (χ4v) is 2.31. The Morgan fingerprint density at radius 3 is 2.25 bits per heavy atom. The van der Waals surface area contributed by atoms with Crippen LogP contribution in [0.2, 0.25) is 0 Å². The van der Waals surface area contributed by atoms with Crippen molar-refractivity contribution in [2.75, 3.05) is 0 Å². The van der Waals surface area contributed by atoms with Crippen molar-refractivity contribution in [3.05, 3.63) is 57.8 Å². The molecule has 1 nitrogen and oxygen atoms in total. The molecule has 84 valence electrons. The highest BCUT2D eigenvalue weighted by Crippen LogP contribution is 2.07. The van der Waals surface area contributed by atoms with Crippen LogP contribution in [0.4, 0.5) is 0 Å². The van der Waals surface area contributed by atoms with Crippen LogP contribution < -0.4 is 5.32 Å². The first-order valence-corrected chi connectivity index (χ1v) is 6.62. The summed E-state index contributed by atoms with van der Waals surface area (Å²) in [6, 6.07) is 11.0. The highest BCUT2D eigenvalue weighted by Gasteiger charge is 1.95. The molecule has 2 heteroatoms. The third-order valence-corrected chi connectivity index (χ3v) is 3.40. The molecule has 1 heterocycles. The van der Waals surface area contributed by atoms with Crippen LogP contribution in [0, 0.1) is 0 Å². The molecule has 1 N–H and O–H groups in total. The Morgan fingerprint density at radius 2 is 1.62 bits per heavy atom. The van der Waals surface area contributed by atoms with Crippen molar-refractivity contribution in [2.45, 2.75) is 26.4 Å². The molecule has 2 rings (SSSR count). The van der Waals surface area contributed by atoms with E-state index in [1.165, 1.54) is 16.7 Å². The van der Waals surface area contributed by atoms with E-state index in [-0.39, 0.29) is 0 Å². The van der Waals surface area contributed by atoms with Gasteiger partial charge in [0, 0.05) is 13.1 Å². The molecule has 0 radical (unpaired) electrons. The Hall–Kier alpha value is -1.12. The van der Waals surface area contributed by atoms with E-state index in [0.29, 0.717) is 0 Å². The molecular formula is C14H17NS. The Labute approximate surface area is 101 Å². The van der Waals surface area contributed by atoms with Gasteiger partial charge in [0.1, 0.15) is 0 Å². The van der Waals surface area contributed by atoms with Gasteiger partial charge in [0.2, 0.25) is 0 Å². The Kier molecular flexibility index (Phi) is 4.14. The average molecular weight is 231 g/mol. The van der Waals surface area contributed by atoms with Crippen molar-refractivity contribution in [2.24, 2.45) is 0 Å². The van der Waals surface area contributed by atoms with Crippen LogP contribution in [0.3, 0.4) is 0 Å². The highest BCUT2D eigenvalue weighted by molar-refractivity contribution is 7.07. The second-order valence-corrected chi connectivity index (χ2v) is 4.69. The number of rotatable bonds is 5. The minimum absolute atomic E-state index is 0.944. The molecule has 0 amide bonds. The van der Waals surface area contributed by atoms with E-state index in [1.54, 1.807) is 11.3 Å². The van der Waals surface area contributed by atoms with E-state index < -0.39 is 0 Å². The van der Waals surface area contributed by atoms with E-state index in [4.69, 9.17) is 0 Å². The van der Waals surface area contributed by atoms with Crippen molar-refractivity contribution in [1.29, 1.82) is 0 Å². The van der Waals surface area contributed by atoms with Crippen LogP contribution in [0.5, 0.6) is 0 Å². The van der Waals surface area contributed by atoms with Gasteiger partial charge in [-0.05, 0) is 39.9 Å². The Morgan fingerprint density at radius 1 is 0.938 bits per heavy atom. The molecule has 1 aromatic carbocycles. The van der Waals surface area contributed by atoms with Crippen molar-refractivity contribution in [1.82, 2.24) is 5.32 Å². The molecule has 0 atom stereocenters. The molecule has 0 saturated heterocycles. The number of thiophene rings is 1. The van der Waals surface area contributed by atoms with Crippen molar-refractivity contribution in [3.63, 3.8) is 0 Å². The zero-order valence-electron chi connectivity index (χ0n) is 9.57. The summed E-state index contributed by atoms with van der Waals surface area (Å²) in [7, 11) is 0. The zero-order valence-corrected chi connectivity index (χ0v) is 10.4. The van der Waals surface area contributed by atoms with Gasteiger partial charge in [-0.15, -0.1) is 0 Å². The lowest BCUT2D eigenvalue weighted by Gasteiger charge is -2.04. The summed E-state index contributed by atoms with van der Waals surface area (Å²) < 4.78 is 0. The topological polar surface area (TPSA) is 12.0 Å². The summed E-state index contributed by atoms with van der Waals surface area (Å²) >= 11 is 1.75. The Balaban J connectivity index is 1.81. The number of benzene rings is 1. The van der Waals surface area contributed by atoms with Crippen LogP contribution in [0.15, 0.2) is 41.1 Å². The molecule has 0 unspecified atom stereocenters. The van der Waals surface area contributed by atoms with E-state index in [1.807, 2.05) is 0 Å². The fraction of sp³-hybridized carbons (Fsp3) is 0.286. The SMILES string of the molecule is CCc1ccc(CNCc2ccsc2)cc1. The highest BCUT2D eigenvalue weighted by atomic mass is 32.1. The third-order valence-electron chi connectivity index (χ3n) is 2.67. The molecule has 0 bridgehead atoms. The lowest BCUT2D eigenvalue weighted by atomic mass is 10.1. The van der Waals surface area contributed by atoms with Crippen LogP contribution in [-0.4, -0.2) is 0 Å². The van der Waals surface area contributed by atoms with Gasteiger partial charge in [0.05, 0.1) is 0 Å². The van der Waals surface area contributed by atoms with E-state index in [2.05, 4.69) is 53.3 Å². The molecule has 0 spiro atoms. The predicted molar refractivity (Wildman–Crippen MR) is 70.7 cm³/mol. The van der Waals surface area contributed by atoms with Gasteiger partial charge in [-0.1, -0.05) is 31.2 Å². The van der Waals surface area contributed by atoms with Crippen molar-refractivity contribution < 1.29 is 0 Å². The van der Waals surface area contributed by atoms with Gasteiger partial charge in [-0.2, -0.15) is 11.3 Å². The van der Waals surface area contributed by atoms with Crippen molar-refractivity contribution >= 4 is 11.3 Å². The smallest absolute Gasteiger partial charge is 0.0216 e. The molecule has 0 aliphatic rings. The average Bonchev–Trinajstić information content (AvgIpc) is 2.83. The first-order chi connectivity index (χ1) is 7.88. The molecule has 0 fully saturated rings. The van der Waals surface area contributed by atoms with Crippen LogP contribution in [0.1, 0.15) is 23.6 Å². The zero-order chi connectivity index (χ0) is 11.2. The quantitative estimate of drug-likeness (QED) is 0.829. The summed E-state index contributed by atoms with van der Waals surface area (Å²) in [4.78, 5) is 0. The molecular weight excluding hydrogens is 214 g/mol. The normalized spacial score (nSPS) is 10.6. The maximum absolute atomic E-state index is 3.45. The van der Waals surface area contributed by atoms with E-state index in [0.717, 1.165) is 19.5 Å². The van der Waals surface area contributed by atoms with Crippen LogP contribution in [-0.2, 0) is 19.5 Å². The lowest BCUT2D eigenvalue weighted by molar-refractivity contribution is 0.695. The van der Waals surface area contributed by atoms with Gasteiger partial charge < -0.3 is 5.32 Å². The monoisotopic (exact) mass is 231 g/mol. The van der Waals surface area contributed by atoms with Gasteiger partial charge in [-0.25, -0.2) is 0 Å². The molecule has 0 saturated carbocycles. The van der Waals surface area contributed by atoms with E-state index in [9.17, 15) is 0 Å². The standard InChI is InChI=1S/C14H17NS/c1-2-12-3-5-13(6-4-12)9-15-10-14-7-8-16-11-14/h3-8,11,15H,2,9-10H2,1H3. The first-order valence-electron chi connectivity index (χ1n) is 5.68. The van der Waals surface area contributed by atoms with Gasteiger partial charge in [0.15, 0.2) is 0 Å². The first kappa shape index (κ1) is 11.4. The number of hydrogen-bond acceptors (Lipinski definition) is 2. The number of aryl methyl sites for hydroxylation is 1. The summed E-state index contributed by atoms with van der Waals surface area (Å²) in [5.41, 5.74) is 4.13. The molecule has 0 aliphatic carbocycles. The molecule has 0 aliphatic heterocycles. The molecule has 2 aromatic rings. The van der Waals surface area contributed by atoms with Gasteiger partial charge in [-0.3, -0.25) is 0 Å². The van der Waals surface area contributed by atoms with Gasteiger partial charge >= 0.3 is 0 Å². The maximum atomic E-state index is 3.45. The van der Waals surface area contributed by atoms with Gasteiger partial charge in [0.25, 0.3) is 0 Å². The molecule has 1 aromatic heterocycles. The summed E-state index contributed by atoms with van der Waals surface area (Å²) in [6.45, 7) is 4.09. The van der Waals surface area contributed by atoms with E-state index >= 15 is 0 Å². The largest absolute Gasteiger partial charge is 0.309 e. The Bertz CT molecular complexity index is 403.